The molecule has 7 nitrogen and oxygen atoms in total. The van der Waals surface area contributed by atoms with Crippen molar-refractivity contribution in [2.24, 2.45) is 0 Å². The molecule has 0 bridgehead atoms. The number of urea groups is 1. The Balaban J connectivity index is 1.42. The van der Waals surface area contributed by atoms with E-state index in [-0.39, 0.29) is 6.03 Å². The molecule has 0 aliphatic carbocycles. The van der Waals surface area contributed by atoms with E-state index in [9.17, 15) is 4.79 Å². The topological polar surface area (TPSA) is 63.3 Å². The minimum absolute atomic E-state index is 0.0706. The van der Waals surface area contributed by atoms with E-state index in [0.717, 1.165) is 57.0 Å². The van der Waals surface area contributed by atoms with E-state index in [2.05, 4.69) is 22.3 Å². The van der Waals surface area contributed by atoms with Crippen molar-refractivity contribution in [3.63, 3.8) is 0 Å². The average Bonchev–Trinajstić information content (AvgIpc) is 2.86. The van der Waals surface area contributed by atoms with E-state index >= 15 is 0 Å². The van der Waals surface area contributed by atoms with E-state index in [4.69, 9.17) is 14.2 Å². The Kier molecular flexibility index (Phi) is 11.0. The molecular weight excluding hydrogens is 418 g/mol. The third-order valence-electron chi connectivity index (χ3n) is 5.71. The molecule has 33 heavy (non-hydrogen) atoms. The highest BCUT2D eigenvalue weighted by Gasteiger charge is 2.13. The van der Waals surface area contributed by atoms with Crippen LogP contribution in [0.4, 0.5) is 4.79 Å². The number of morpholine rings is 1. The van der Waals surface area contributed by atoms with Crippen LogP contribution in [0, 0.1) is 0 Å². The molecular formula is C26H37N3O4. The van der Waals surface area contributed by atoms with Crippen LogP contribution in [0.3, 0.4) is 0 Å². The first-order chi connectivity index (χ1) is 16.2. The van der Waals surface area contributed by atoms with E-state index in [0.29, 0.717) is 32.8 Å². The maximum absolute atomic E-state index is 12.8. The van der Waals surface area contributed by atoms with E-state index in [1.807, 2.05) is 47.4 Å². The molecule has 1 aliphatic rings. The van der Waals surface area contributed by atoms with Crippen LogP contribution in [0.15, 0.2) is 54.6 Å². The predicted octanol–water partition coefficient (Wildman–Crippen LogP) is 3.19. The Morgan fingerprint density at radius 1 is 1.03 bits per heavy atom. The Morgan fingerprint density at radius 3 is 2.61 bits per heavy atom. The number of hydrogen-bond acceptors (Lipinski definition) is 5. The van der Waals surface area contributed by atoms with Gasteiger partial charge in [0.2, 0.25) is 0 Å². The van der Waals surface area contributed by atoms with Crippen LogP contribution in [-0.2, 0) is 22.4 Å². The normalized spacial score (nSPS) is 14.1. The van der Waals surface area contributed by atoms with Crippen molar-refractivity contribution in [2.45, 2.75) is 19.4 Å². The number of carbonyl (C=O) groups excluding carboxylic acids is 1. The first-order valence-electron chi connectivity index (χ1n) is 11.8. The maximum atomic E-state index is 12.8. The number of nitrogens with one attached hydrogen (secondary N) is 1. The van der Waals surface area contributed by atoms with Crippen molar-refractivity contribution < 1.29 is 19.0 Å². The fraction of sp³-hybridized carbons (Fsp3) is 0.500. The number of aryl methyl sites for hydroxylation is 1. The summed E-state index contributed by atoms with van der Waals surface area (Å²) < 4.78 is 16.5. The first-order valence-corrected chi connectivity index (χ1v) is 11.8. The highest BCUT2D eigenvalue weighted by atomic mass is 16.5. The molecule has 0 saturated carbocycles. The summed E-state index contributed by atoms with van der Waals surface area (Å²) in [7, 11) is 1.66. The second-order valence-electron chi connectivity index (χ2n) is 8.18. The lowest BCUT2D eigenvalue weighted by Crippen LogP contribution is -2.42. The molecule has 1 N–H and O–H groups in total. The maximum Gasteiger partial charge on any atom is 0.317 e. The van der Waals surface area contributed by atoms with Crippen molar-refractivity contribution in [1.82, 2.24) is 15.1 Å². The van der Waals surface area contributed by atoms with Gasteiger partial charge in [0.05, 0.1) is 19.8 Å². The molecule has 1 aliphatic heterocycles. The van der Waals surface area contributed by atoms with E-state index < -0.39 is 0 Å². The van der Waals surface area contributed by atoms with Crippen molar-refractivity contribution in [3.05, 3.63) is 65.7 Å². The summed E-state index contributed by atoms with van der Waals surface area (Å²) in [6.45, 7) is 7.28. The molecule has 0 radical (unpaired) electrons. The zero-order valence-electron chi connectivity index (χ0n) is 19.7. The lowest BCUT2D eigenvalue weighted by atomic mass is 10.1. The van der Waals surface area contributed by atoms with Crippen LogP contribution >= 0.6 is 0 Å². The summed E-state index contributed by atoms with van der Waals surface area (Å²) in [5.41, 5.74) is 2.30. The molecule has 0 unspecified atom stereocenters. The first kappa shape index (κ1) is 25.0. The summed E-state index contributed by atoms with van der Waals surface area (Å²) in [6.07, 6.45) is 1.86. The molecule has 1 fully saturated rings. The smallest absolute Gasteiger partial charge is 0.317 e. The van der Waals surface area contributed by atoms with Gasteiger partial charge in [0.1, 0.15) is 12.4 Å². The summed E-state index contributed by atoms with van der Waals surface area (Å²) in [6, 6.07) is 18.2. The number of benzene rings is 2. The highest BCUT2D eigenvalue weighted by Crippen LogP contribution is 2.14. The molecule has 7 heteroatoms. The summed E-state index contributed by atoms with van der Waals surface area (Å²) in [5.74, 6) is 0.828. The standard InChI is InChI=1S/C26H37N3O4/c1-31-17-16-29(12-6-10-23-7-3-2-4-8-23)26(30)27-22-24-9-5-11-25(21-24)33-20-15-28-13-18-32-19-14-28/h2-5,7-9,11,21H,6,10,12-20,22H2,1H3,(H,27,30). The van der Waals surface area contributed by atoms with Gasteiger partial charge in [-0.25, -0.2) is 4.79 Å². The van der Waals surface area contributed by atoms with Gasteiger partial charge in [-0.3, -0.25) is 4.90 Å². The van der Waals surface area contributed by atoms with Crippen molar-refractivity contribution >= 4 is 6.03 Å². The fourth-order valence-electron chi connectivity index (χ4n) is 3.79. The van der Waals surface area contributed by atoms with Crippen LogP contribution < -0.4 is 10.1 Å². The fourth-order valence-corrected chi connectivity index (χ4v) is 3.79. The van der Waals surface area contributed by atoms with Crippen LogP contribution in [0.1, 0.15) is 17.5 Å². The van der Waals surface area contributed by atoms with Crippen LogP contribution in [0.5, 0.6) is 5.75 Å². The Bertz CT molecular complexity index is 812. The highest BCUT2D eigenvalue weighted by molar-refractivity contribution is 5.74. The zero-order chi connectivity index (χ0) is 23.1. The van der Waals surface area contributed by atoms with Gasteiger partial charge in [0.25, 0.3) is 0 Å². The molecule has 180 valence electrons. The number of rotatable bonds is 13. The summed E-state index contributed by atoms with van der Waals surface area (Å²) in [5, 5.41) is 3.05. The molecule has 1 saturated heterocycles. The van der Waals surface area contributed by atoms with Gasteiger partial charge in [0.15, 0.2) is 0 Å². The van der Waals surface area contributed by atoms with Gasteiger partial charge >= 0.3 is 6.03 Å². The molecule has 3 rings (SSSR count). The van der Waals surface area contributed by atoms with Crippen LogP contribution in [-0.4, -0.2) is 82.1 Å². The third kappa shape index (κ3) is 9.42. The van der Waals surface area contributed by atoms with Gasteiger partial charge in [-0.15, -0.1) is 0 Å². The number of nitrogens with zero attached hydrogens (tertiary/aromatic N) is 2. The van der Waals surface area contributed by atoms with Gasteiger partial charge in [-0.2, -0.15) is 0 Å². The van der Waals surface area contributed by atoms with Gasteiger partial charge < -0.3 is 24.4 Å². The molecule has 2 aromatic carbocycles. The van der Waals surface area contributed by atoms with Crippen molar-refractivity contribution in [3.8, 4) is 5.75 Å². The van der Waals surface area contributed by atoms with Crippen molar-refractivity contribution in [2.75, 3.05) is 66.3 Å². The molecule has 1 heterocycles. The third-order valence-corrected chi connectivity index (χ3v) is 5.71. The number of amides is 2. The Morgan fingerprint density at radius 2 is 1.82 bits per heavy atom. The van der Waals surface area contributed by atoms with Crippen molar-refractivity contribution in [1.29, 1.82) is 0 Å². The number of hydrogen-bond donors (Lipinski definition) is 1. The molecule has 0 spiro atoms. The number of methoxy groups -OCH3 is 1. The lowest BCUT2D eigenvalue weighted by molar-refractivity contribution is 0.0322. The SMILES string of the molecule is COCCN(CCCc1ccccc1)C(=O)NCc1cccc(OCCN2CCOCC2)c1. The van der Waals surface area contributed by atoms with Gasteiger partial charge in [0, 0.05) is 46.4 Å². The number of carbonyl (C=O) groups is 1. The lowest BCUT2D eigenvalue weighted by Gasteiger charge is -2.26. The molecule has 0 atom stereocenters. The second-order valence-corrected chi connectivity index (χ2v) is 8.18. The predicted molar refractivity (Wildman–Crippen MR) is 130 cm³/mol. The molecule has 2 aromatic rings. The quantitative estimate of drug-likeness (QED) is 0.503. The number of ether oxygens (including phenoxy) is 3. The van der Waals surface area contributed by atoms with E-state index in [1.165, 1.54) is 5.56 Å². The molecule has 2 amide bonds. The Labute approximate surface area is 197 Å². The largest absolute Gasteiger partial charge is 0.492 e. The zero-order valence-corrected chi connectivity index (χ0v) is 19.7. The minimum Gasteiger partial charge on any atom is -0.492 e. The van der Waals surface area contributed by atoms with Gasteiger partial charge in [-0.05, 0) is 36.1 Å². The monoisotopic (exact) mass is 455 g/mol. The van der Waals surface area contributed by atoms with Gasteiger partial charge in [-0.1, -0.05) is 42.5 Å². The molecule has 0 aromatic heterocycles. The summed E-state index contributed by atoms with van der Waals surface area (Å²) in [4.78, 5) is 17.0. The Hall–Kier alpha value is -2.61. The van der Waals surface area contributed by atoms with E-state index in [1.54, 1.807) is 7.11 Å². The summed E-state index contributed by atoms with van der Waals surface area (Å²) >= 11 is 0. The average molecular weight is 456 g/mol. The second kappa shape index (κ2) is 14.5. The van der Waals surface area contributed by atoms with Crippen LogP contribution in [0.2, 0.25) is 0 Å². The van der Waals surface area contributed by atoms with Crippen LogP contribution in [0.25, 0.3) is 0 Å². The minimum atomic E-state index is -0.0706.